The highest BCUT2D eigenvalue weighted by atomic mass is 35.5. The second kappa shape index (κ2) is 8.69. The molecule has 1 heterocycles. The number of nitrogens with zero attached hydrogens (tertiary/aromatic N) is 2. The van der Waals surface area contributed by atoms with Gasteiger partial charge in [0.15, 0.2) is 0 Å². The minimum Gasteiger partial charge on any atom is -0.336 e. The number of carbonyl (C=O) groups excluding carboxylic acids is 1. The van der Waals surface area contributed by atoms with Crippen LogP contribution >= 0.6 is 36.2 Å². The smallest absolute Gasteiger partial charge is 0.273 e. The van der Waals surface area contributed by atoms with Crippen molar-refractivity contribution in [2.75, 3.05) is 13.6 Å². The van der Waals surface area contributed by atoms with Crippen LogP contribution in [0, 0.1) is 0 Å². The summed E-state index contributed by atoms with van der Waals surface area (Å²) < 4.78 is 0. The highest BCUT2D eigenvalue weighted by Crippen LogP contribution is 2.20. The number of rotatable bonds is 4. The molecule has 0 aliphatic carbocycles. The van der Waals surface area contributed by atoms with Crippen LogP contribution in [0.4, 0.5) is 0 Å². The third-order valence-corrected chi connectivity index (χ3v) is 3.70. The summed E-state index contributed by atoms with van der Waals surface area (Å²) >= 11 is 1.53. The van der Waals surface area contributed by atoms with Crippen molar-refractivity contribution in [2.24, 2.45) is 5.73 Å². The van der Waals surface area contributed by atoms with Crippen LogP contribution in [0.2, 0.25) is 0 Å². The Labute approximate surface area is 125 Å². The first kappa shape index (κ1) is 20.0. The highest BCUT2D eigenvalue weighted by Gasteiger charge is 2.19. The molecule has 0 aliphatic heterocycles. The van der Waals surface area contributed by atoms with Gasteiger partial charge in [0.2, 0.25) is 0 Å². The molecule has 0 saturated heterocycles. The number of aromatic nitrogens is 1. The summed E-state index contributed by atoms with van der Waals surface area (Å²) in [6.45, 7) is 6.52. The van der Waals surface area contributed by atoms with Gasteiger partial charge in [0.25, 0.3) is 5.91 Å². The molecule has 1 atom stereocenters. The van der Waals surface area contributed by atoms with Gasteiger partial charge in [-0.1, -0.05) is 13.8 Å². The average Bonchev–Trinajstić information content (AvgIpc) is 2.75. The lowest BCUT2D eigenvalue weighted by atomic mass is 10.2. The normalized spacial score (nSPS) is 11.4. The highest BCUT2D eigenvalue weighted by molar-refractivity contribution is 7.09. The zero-order valence-corrected chi connectivity index (χ0v) is 13.5. The van der Waals surface area contributed by atoms with Gasteiger partial charge in [-0.15, -0.1) is 36.2 Å². The van der Waals surface area contributed by atoms with Gasteiger partial charge < -0.3 is 10.6 Å². The Morgan fingerprint density at radius 2 is 2.00 bits per heavy atom. The van der Waals surface area contributed by atoms with Gasteiger partial charge in [0, 0.05) is 30.9 Å². The monoisotopic (exact) mass is 313 g/mol. The molecule has 18 heavy (non-hydrogen) atoms. The third kappa shape index (κ3) is 4.72. The topological polar surface area (TPSA) is 59.2 Å². The van der Waals surface area contributed by atoms with Gasteiger partial charge in [0.1, 0.15) is 5.69 Å². The zero-order chi connectivity index (χ0) is 12.3. The summed E-state index contributed by atoms with van der Waals surface area (Å²) in [5, 5.41) is 2.81. The van der Waals surface area contributed by atoms with Crippen molar-refractivity contribution in [1.29, 1.82) is 0 Å². The Balaban J connectivity index is 0. The van der Waals surface area contributed by atoms with E-state index in [0.717, 1.165) is 5.01 Å². The molecule has 0 bridgehead atoms. The molecular formula is C11H21Cl2N3OS. The number of thiazole rings is 1. The minimum atomic E-state index is -0.0545. The molecule has 0 spiro atoms. The van der Waals surface area contributed by atoms with E-state index in [-0.39, 0.29) is 36.8 Å². The number of likely N-dealkylation sites (N-methyl/N-ethyl adjacent to an activating group) is 1. The van der Waals surface area contributed by atoms with Crippen LogP contribution < -0.4 is 5.73 Å². The SMILES string of the molecule is CC(C)c1nc(C(=O)N(C)C(C)CN)cs1.Cl.Cl. The Kier molecular flexibility index (Phi) is 9.64. The quantitative estimate of drug-likeness (QED) is 0.929. The molecular weight excluding hydrogens is 293 g/mol. The molecule has 1 aromatic heterocycles. The van der Waals surface area contributed by atoms with Crippen molar-refractivity contribution < 1.29 is 4.79 Å². The molecule has 1 aromatic rings. The van der Waals surface area contributed by atoms with E-state index >= 15 is 0 Å². The molecule has 1 amide bonds. The number of halogens is 2. The van der Waals surface area contributed by atoms with Crippen LogP contribution in [0.1, 0.15) is 42.2 Å². The summed E-state index contributed by atoms with van der Waals surface area (Å²) in [6.07, 6.45) is 0. The van der Waals surface area contributed by atoms with Crippen LogP contribution in [0.5, 0.6) is 0 Å². The molecule has 1 unspecified atom stereocenters. The summed E-state index contributed by atoms with van der Waals surface area (Å²) in [4.78, 5) is 18.0. The van der Waals surface area contributed by atoms with Crippen molar-refractivity contribution in [3.63, 3.8) is 0 Å². The lowest BCUT2D eigenvalue weighted by molar-refractivity contribution is 0.0743. The molecule has 2 N–H and O–H groups in total. The largest absolute Gasteiger partial charge is 0.336 e. The number of hydrogen-bond acceptors (Lipinski definition) is 4. The maximum absolute atomic E-state index is 12.0. The minimum absolute atomic E-state index is 0. The standard InChI is InChI=1S/C11H19N3OS.2ClH/c1-7(2)10-13-9(6-16-10)11(15)14(4)8(3)5-12;;/h6-8H,5,12H2,1-4H3;2*1H. The third-order valence-electron chi connectivity index (χ3n) is 2.56. The molecule has 0 radical (unpaired) electrons. The molecule has 1 rings (SSSR count). The average molecular weight is 314 g/mol. The molecule has 4 nitrogen and oxygen atoms in total. The fourth-order valence-corrected chi connectivity index (χ4v) is 2.00. The van der Waals surface area contributed by atoms with Gasteiger partial charge in [-0.3, -0.25) is 4.79 Å². The van der Waals surface area contributed by atoms with E-state index in [1.807, 2.05) is 12.3 Å². The summed E-state index contributed by atoms with van der Waals surface area (Å²) in [7, 11) is 1.76. The lowest BCUT2D eigenvalue weighted by Gasteiger charge is -2.22. The van der Waals surface area contributed by atoms with Crippen molar-refractivity contribution in [3.8, 4) is 0 Å². The van der Waals surface area contributed by atoms with Gasteiger partial charge in [0.05, 0.1) is 5.01 Å². The summed E-state index contributed by atoms with van der Waals surface area (Å²) in [6, 6.07) is 0.0386. The van der Waals surface area contributed by atoms with Crippen LogP contribution in [-0.4, -0.2) is 35.4 Å². The van der Waals surface area contributed by atoms with E-state index in [1.165, 1.54) is 11.3 Å². The van der Waals surface area contributed by atoms with Gasteiger partial charge in [-0.05, 0) is 6.92 Å². The first-order chi connectivity index (χ1) is 7.47. The fraction of sp³-hybridized carbons (Fsp3) is 0.636. The van der Waals surface area contributed by atoms with E-state index in [9.17, 15) is 4.79 Å². The Morgan fingerprint density at radius 3 is 2.39 bits per heavy atom. The van der Waals surface area contributed by atoms with Gasteiger partial charge >= 0.3 is 0 Å². The molecule has 0 aliphatic rings. The van der Waals surface area contributed by atoms with Gasteiger partial charge in [-0.2, -0.15) is 0 Å². The van der Waals surface area contributed by atoms with E-state index < -0.39 is 0 Å². The van der Waals surface area contributed by atoms with Crippen LogP contribution in [0.15, 0.2) is 5.38 Å². The lowest BCUT2D eigenvalue weighted by Crippen LogP contribution is -2.39. The molecule has 7 heteroatoms. The van der Waals surface area contributed by atoms with E-state index in [4.69, 9.17) is 5.73 Å². The second-order valence-electron chi connectivity index (χ2n) is 4.23. The van der Waals surface area contributed by atoms with E-state index in [2.05, 4.69) is 18.8 Å². The molecule has 0 aromatic carbocycles. The molecule has 106 valence electrons. The summed E-state index contributed by atoms with van der Waals surface area (Å²) in [5.74, 6) is 0.310. The number of amides is 1. The second-order valence-corrected chi connectivity index (χ2v) is 5.12. The van der Waals surface area contributed by atoms with E-state index in [0.29, 0.717) is 18.2 Å². The predicted octanol–water partition coefficient (Wildman–Crippen LogP) is 2.53. The van der Waals surface area contributed by atoms with Crippen molar-refractivity contribution in [2.45, 2.75) is 32.7 Å². The van der Waals surface area contributed by atoms with Crippen molar-refractivity contribution in [1.82, 2.24) is 9.88 Å². The molecule has 0 saturated carbocycles. The maximum Gasteiger partial charge on any atom is 0.273 e. The molecule has 0 fully saturated rings. The number of hydrogen-bond donors (Lipinski definition) is 1. The fourth-order valence-electron chi connectivity index (χ4n) is 1.19. The number of carbonyl (C=O) groups is 1. The number of nitrogens with two attached hydrogens (primary N) is 1. The van der Waals surface area contributed by atoms with Crippen LogP contribution in [0.25, 0.3) is 0 Å². The van der Waals surface area contributed by atoms with E-state index in [1.54, 1.807) is 11.9 Å². The van der Waals surface area contributed by atoms with Crippen molar-refractivity contribution in [3.05, 3.63) is 16.1 Å². The van der Waals surface area contributed by atoms with Crippen molar-refractivity contribution >= 4 is 42.1 Å². The Bertz CT molecular complexity index is 371. The Morgan fingerprint density at radius 1 is 1.44 bits per heavy atom. The summed E-state index contributed by atoms with van der Waals surface area (Å²) in [5.41, 5.74) is 6.06. The Hall–Kier alpha value is -0.360. The first-order valence-corrected chi connectivity index (χ1v) is 6.28. The van der Waals surface area contributed by atoms with Crippen LogP contribution in [-0.2, 0) is 0 Å². The predicted molar refractivity (Wildman–Crippen MR) is 81.3 cm³/mol. The van der Waals surface area contributed by atoms with Crippen LogP contribution in [0.3, 0.4) is 0 Å². The maximum atomic E-state index is 12.0. The zero-order valence-electron chi connectivity index (χ0n) is 11.0. The van der Waals surface area contributed by atoms with Gasteiger partial charge in [-0.25, -0.2) is 4.98 Å². The first-order valence-electron chi connectivity index (χ1n) is 5.40.